The molecule has 0 aliphatic carbocycles. The van der Waals surface area contributed by atoms with E-state index in [4.69, 9.17) is 4.52 Å². The Morgan fingerprint density at radius 3 is 3.13 bits per heavy atom. The summed E-state index contributed by atoms with van der Waals surface area (Å²) in [4.78, 5) is 7.16. The van der Waals surface area contributed by atoms with Gasteiger partial charge in [-0.15, -0.1) is 0 Å². The fourth-order valence-corrected chi connectivity index (χ4v) is 1.26. The second-order valence-corrected chi connectivity index (χ2v) is 3.36. The quantitative estimate of drug-likeness (QED) is 0.794. The summed E-state index contributed by atoms with van der Waals surface area (Å²) in [7, 11) is 0. The van der Waals surface area contributed by atoms with Crippen LogP contribution in [0.4, 0.5) is 0 Å². The highest BCUT2D eigenvalue weighted by Gasteiger charge is 2.12. The Labute approximate surface area is 87.1 Å². The molecule has 80 valence electrons. The van der Waals surface area contributed by atoms with Crippen LogP contribution in [0.2, 0.25) is 0 Å². The molecule has 2 aromatic heterocycles. The molecule has 0 aliphatic rings. The van der Waals surface area contributed by atoms with Crippen molar-refractivity contribution in [2.45, 2.75) is 25.9 Å². The van der Waals surface area contributed by atoms with Crippen molar-refractivity contribution in [1.82, 2.24) is 15.1 Å². The molecule has 0 radical (unpaired) electrons. The minimum Gasteiger partial charge on any atom is -0.393 e. The smallest absolute Gasteiger partial charge is 0.229 e. The SMILES string of the molecule is CCC(O)Cc1nc(-c2ccc[nH]2)no1. The standard InChI is InChI=1S/C10H13N3O2/c1-2-7(14)6-9-12-10(13-15-9)8-4-3-5-11-8/h3-5,7,11,14H,2,6H2,1H3. The zero-order valence-electron chi connectivity index (χ0n) is 8.47. The summed E-state index contributed by atoms with van der Waals surface area (Å²) in [6.07, 6.45) is 2.47. The van der Waals surface area contributed by atoms with E-state index in [0.29, 0.717) is 24.6 Å². The number of aliphatic hydroxyl groups excluding tert-OH is 1. The van der Waals surface area contributed by atoms with Crippen LogP contribution < -0.4 is 0 Å². The minimum absolute atomic E-state index is 0.407. The molecule has 0 saturated heterocycles. The molecule has 0 fully saturated rings. The van der Waals surface area contributed by atoms with E-state index in [-0.39, 0.29) is 0 Å². The van der Waals surface area contributed by atoms with E-state index in [1.54, 1.807) is 6.20 Å². The number of hydrogen-bond donors (Lipinski definition) is 2. The molecule has 0 bridgehead atoms. The number of aromatic amines is 1. The van der Waals surface area contributed by atoms with E-state index < -0.39 is 6.10 Å². The van der Waals surface area contributed by atoms with E-state index in [0.717, 1.165) is 5.69 Å². The molecule has 2 heterocycles. The highest BCUT2D eigenvalue weighted by Crippen LogP contribution is 2.13. The van der Waals surface area contributed by atoms with E-state index in [9.17, 15) is 5.11 Å². The highest BCUT2D eigenvalue weighted by atomic mass is 16.5. The van der Waals surface area contributed by atoms with Gasteiger partial charge in [0.05, 0.1) is 18.2 Å². The lowest BCUT2D eigenvalue weighted by atomic mass is 10.2. The number of aliphatic hydroxyl groups is 1. The third-order valence-corrected chi connectivity index (χ3v) is 2.19. The average Bonchev–Trinajstić information content (AvgIpc) is 2.85. The van der Waals surface area contributed by atoms with Gasteiger partial charge < -0.3 is 14.6 Å². The summed E-state index contributed by atoms with van der Waals surface area (Å²) in [5.41, 5.74) is 0.816. The van der Waals surface area contributed by atoms with Crippen molar-refractivity contribution in [3.05, 3.63) is 24.2 Å². The Hall–Kier alpha value is -1.62. The third kappa shape index (κ3) is 2.24. The fourth-order valence-electron chi connectivity index (χ4n) is 1.26. The van der Waals surface area contributed by atoms with E-state index in [1.165, 1.54) is 0 Å². The minimum atomic E-state index is -0.415. The van der Waals surface area contributed by atoms with Crippen LogP contribution in [0.15, 0.2) is 22.9 Å². The van der Waals surface area contributed by atoms with Crippen LogP contribution >= 0.6 is 0 Å². The molecule has 2 rings (SSSR count). The summed E-state index contributed by atoms with van der Waals surface area (Å²) in [5.74, 6) is 0.993. The maximum atomic E-state index is 9.42. The van der Waals surface area contributed by atoms with E-state index in [2.05, 4.69) is 15.1 Å². The van der Waals surface area contributed by atoms with Gasteiger partial charge in [-0.3, -0.25) is 0 Å². The van der Waals surface area contributed by atoms with Crippen LogP contribution in [-0.2, 0) is 6.42 Å². The number of H-pyrrole nitrogens is 1. The lowest BCUT2D eigenvalue weighted by molar-refractivity contribution is 0.158. The van der Waals surface area contributed by atoms with Crippen molar-refractivity contribution in [2.75, 3.05) is 0 Å². The van der Waals surface area contributed by atoms with Crippen LogP contribution in [0.3, 0.4) is 0 Å². The predicted octanol–water partition coefficient (Wildman–Crippen LogP) is 1.38. The van der Waals surface area contributed by atoms with Gasteiger partial charge in [0.15, 0.2) is 0 Å². The Bertz CT molecular complexity index is 408. The van der Waals surface area contributed by atoms with Crippen LogP contribution in [0.1, 0.15) is 19.2 Å². The van der Waals surface area contributed by atoms with Crippen molar-refractivity contribution in [2.24, 2.45) is 0 Å². The number of nitrogens with zero attached hydrogens (tertiary/aromatic N) is 2. The molecule has 0 saturated carbocycles. The normalized spacial score (nSPS) is 12.9. The van der Waals surface area contributed by atoms with Gasteiger partial charge in [-0.1, -0.05) is 12.1 Å². The molecular formula is C10H13N3O2. The first-order chi connectivity index (χ1) is 7.29. The highest BCUT2D eigenvalue weighted by molar-refractivity contribution is 5.47. The lowest BCUT2D eigenvalue weighted by Gasteiger charge is -2.01. The summed E-state index contributed by atoms with van der Waals surface area (Å²) < 4.78 is 5.02. The summed E-state index contributed by atoms with van der Waals surface area (Å²) in [5, 5.41) is 13.2. The number of hydrogen-bond acceptors (Lipinski definition) is 4. The first kappa shape index (κ1) is 9.92. The zero-order chi connectivity index (χ0) is 10.7. The first-order valence-electron chi connectivity index (χ1n) is 4.94. The molecule has 5 nitrogen and oxygen atoms in total. The molecule has 0 amide bonds. The lowest BCUT2D eigenvalue weighted by Crippen LogP contribution is -2.08. The third-order valence-electron chi connectivity index (χ3n) is 2.19. The van der Waals surface area contributed by atoms with Crippen LogP contribution in [0, 0.1) is 0 Å². The largest absolute Gasteiger partial charge is 0.393 e. The molecule has 1 unspecified atom stereocenters. The first-order valence-corrected chi connectivity index (χ1v) is 4.94. The molecule has 0 aromatic carbocycles. The van der Waals surface area contributed by atoms with Crippen LogP contribution in [0.5, 0.6) is 0 Å². The molecule has 2 aromatic rings. The van der Waals surface area contributed by atoms with Gasteiger partial charge >= 0.3 is 0 Å². The van der Waals surface area contributed by atoms with Gasteiger partial charge in [-0.2, -0.15) is 4.98 Å². The maximum absolute atomic E-state index is 9.42. The van der Waals surface area contributed by atoms with Gasteiger partial charge in [0.2, 0.25) is 11.7 Å². The Kier molecular flexibility index (Phi) is 2.82. The number of aromatic nitrogens is 3. The van der Waals surface area contributed by atoms with Crippen molar-refractivity contribution < 1.29 is 9.63 Å². The summed E-state index contributed by atoms with van der Waals surface area (Å²) in [6.45, 7) is 1.91. The van der Waals surface area contributed by atoms with E-state index in [1.807, 2.05) is 19.1 Å². The Morgan fingerprint density at radius 1 is 1.60 bits per heavy atom. The topological polar surface area (TPSA) is 74.9 Å². The molecular weight excluding hydrogens is 194 g/mol. The fraction of sp³-hybridized carbons (Fsp3) is 0.400. The van der Waals surface area contributed by atoms with Crippen molar-refractivity contribution in [3.63, 3.8) is 0 Å². The van der Waals surface area contributed by atoms with Crippen molar-refractivity contribution in [1.29, 1.82) is 0 Å². The summed E-state index contributed by atoms with van der Waals surface area (Å²) in [6, 6.07) is 3.73. The Morgan fingerprint density at radius 2 is 2.47 bits per heavy atom. The van der Waals surface area contributed by atoms with Crippen molar-refractivity contribution in [3.8, 4) is 11.5 Å². The Balaban J connectivity index is 2.11. The van der Waals surface area contributed by atoms with Crippen LogP contribution in [0.25, 0.3) is 11.5 Å². The van der Waals surface area contributed by atoms with Crippen LogP contribution in [-0.4, -0.2) is 26.3 Å². The van der Waals surface area contributed by atoms with Gasteiger partial charge in [-0.25, -0.2) is 0 Å². The molecule has 5 heteroatoms. The predicted molar refractivity (Wildman–Crippen MR) is 54.1 cm³/mol. The molecule has 1 atom stereocenters. The zero-order valence-corrected chi connectivity index (χ0v) is 8.47. The number of nitrogens with one attached hydrogen (secondary N) is 1. The van der Waals surface area contributed by atoms with Gasteiger partial charge in [0, 0.05) is 6.20 Å². The molecule has 15 heavy (non-hydrogen) atoms. The van der Waals surface area contributed by atoms with Gasteiger partial charge in [0.25, 0.3) is 0 Å². The summed E-state index contributed by atoms with van der Waals surface area (Å²) >= 11 is 0. The molecule has 0 spiro atoms. The second kappa shape index (κ2) is 4.27. The monoisotopic (exact) mass is 207 g/mol. The molecule has 2 N–H and O–H groups in total. The van der Waals surface area contributed by atoms with E-state index >= 15 is 0 Å². The average molecular weight is 207 g/mol. The maximum Gasteiger partial charge on any atom is 0.229 e. The van der Waals surface area contributed by atoms with Gasteiger partial charge in [-0.05, 0) is 18.6 Å². The second-order valence-electron chi connectivity index (χ2n) is 3.36. The van der Waals surface area contributed by atoms with Gasteiger partial charge in [0.1, 0.15) is 0 Å². The number of rotatable bonds is 4. The van der Waals surface area contributed by atoms with Crippen molar-refractivity contribution >= 4 is 0 Å². The molecule has 0 aliphatic heterocycles.